The first kappa shape index (κ1) is 19.5. The lowest BCUT2D eigenvalue weighted by atomic mass is 10.2. The van der Waals surface area contributed by atoms with Crippen LogP contribution in [0.3, 0.4) is 0 Å². The Morgan fingerprint density at radius 2 is 1.88 bits per heavy atom. The van der Waals surface area contributed by atoms with Gasteiger partial charge in [0.05, 0.1) is 15.5 Å². The predicted octanol–water partition coefficient (Wildman–Crippen LogP) is 3.14. The van der Waals surface area contributed by atoms with Crippen LogP contribution in [-0.2, 0) is 14.8 Å². The lowest BCUT2D eigenvalue weighted by Crippen LogP contribution is -2.19. The number of hydrogen-bond acceptors (Lipinski definition) is 5. The van der Waals surface area contributed by atoms with Gasteiger partial charge in [0.15, 0.2) is 0 Å². The molecular formula is C16H15Cl2NO5S. The van der Waals surface area contributed by atoms with E-state index >= 15 is 0 Å². The first-order valence-electron chi connectivity index (χ1n) is 7.12. The summed E-state index contributed by atoms with van der Waals surface area (Å²) in [6.45, 7) is 0.0579. The first-order chi connectivity index (χ1) is 11.8. The number of carbonyl (C=O) groups excluding carboxylic acids is 1. The highest BCUT2D eigenvalue weighted by Gasteiger charge is 2.15. The SMILES string of the molecule is CNS(=O)(=O)c1cccc(C(=O)OCCOc2ccc(Cl)cc2Cl)c1. The molecule has 1 N–H and O–H groups in total. The molecule has 0 saturated carbocycles. The Kier molecular flexibility index (Phi) is 6.66. The monoisotopic (exact) mass is 403 g/mol. The van der Waals surface area contributed by atoms with Crippen molar-refractivity contribution in [3.05, 3.63) is 58.1 Å². The van der Waals surface area contributed by atoms with Crippen molar-refractivity contribution in [3.63, 3.8) is 0 Å². The van der Waals surface area contributed by atoms with Crippen LogP contribution in [0, 0.1) is 0 Å². The highest BCUT2D eigenvalue weighted by Crippen LogP contribution is 2.27. The van der Waals surface area contributed by atoms with E-state index in [0.717, 1.165) is 0 Å². The molecule has 0 aliphatic rings. The Balaban J connectivity index is 1.91. The molecule has 0 saturated heterocycles. The molecule has 0 aliphatic carbocycles. The van der Waals surface area contributed by atoms with Gasteiger partial charge in [0.25, 0.3) is 0 Å². The van der Waals surface area contributed by atoms with Crippen LogP contribution in [0.4, 0.5) is 0 Å². The van der Waals surface area contributed by atoms with Crippen molar-refractivity contribution < 1.29 is 22.7 Å². The molecule has 0 heterocycles. The number of nitrogens with one attached hydrogen (secondary N) is 1. The number of ether oxygens (including phenoxy) is 2. The van der Waals surface area contributed by atoms with Crippen molar-refractivity contribution in [2.45, 2.75) is 4.90 Å². The van der Waals surface area contributed by atoms with Gasteiger partial charge in [0, 0.05) is 5.02 Å². The summed E-state index contributed by atoms with van der Waals surface area (Å²) in [6, 6.07) is 10.3. The minimum atomic E-state index is -3.63. The number of halogens is 2. The molecule has 0 fully saturated rings. The van der Waals surface area contributed by atoms with Gasteiger partial charge in [-0.05, 0) is 43.4 Å². The Bertz CT molecular complexity index is 871. The fourth-order valence-electron chi connectivity index (χ4n) is 1.87. The Hall–Kier alpha value is -1.80. The quantitative estimate of drug-likeness (QED) is 0.567. The van der Waals surface area contributed by atoms with Gasteiger partial charge in [-0.1, -0.05) is 29.3 Å². The number of hydrogen-bond donors (Lipinski definition) is 1. The van der Waals surface area contributed by atoms with E-state index in [4.69, 9.17) is 32.7 Å². The maximum absolute atomic E-state index is 12.0. The minimum absolute atomic E-state index is 0.0198. The van der Waals surface area contributed by atoms with Gasteiger partial charge in [-0.15, -0.1) is 0 Å². The van der Waals surface area contributed by atoms with Gasteiger partial charge in [0.2, 0.25) is 10.0 Å². The van der Waals surface area contributed by atoms with Crippen molar-refractivity contribution in [1.82, 2.24) is 4.72 Å². The smallest absolute Gasteiger partial charge is 0.338 e. The van der Waals surface area contributed by atoms with Crippen LogP contribution in [0.2, 0.25) is 10.0 Å². The lowest BCUT2D eigenvalue weighted by molar-refractivity contribution is 0.0450. The van der Waals surface area contributed by atoms with Gasteiger partial charge in [0.1, 0.15) is 19.0 Å². The van der Waals surface area contributed by atoms with Crippen molar-refractivity contribution >= 4 is 39.2 Å². The van der Waals surface area contributed by atoms with Crippen LogP contribution >= 0.6 is 23.2 Å². The second kappa shape index (κ2) is 8.53. The standard InChI is InChI=1S/C16H15Cl2NO5S/c1-19-25(21,22)13-4-2-3-11(9-13)16(20)24-8-7-23-15-6-5-12(17)10-14(15)18/h2-6,9-10,19H,7-8H2,1H3. The van der Waals surface area contributed by atoms with E-state index in [1.165, 1.54) is 37.4 Å². The molecule has 0 aliphatic heterocycles. The summed E-state index contributed by atoms with van der Waals surface area (Å²) < 4.78 is 36.1. The lowest BCUT2D eigenvalue weighted by Gasteiger charge is -2.09. The molecule has 0 radical (unpaired) electrons. The van der Waals surface area contributed by atoms with Crippen molar-refractivity contribution in [1.29, 1.82) is 0 Å². The van der Waals surface area contributed by atoms with Crippen LogP contribution in [-0.4, -0.2) is 34.6 Å². The summed E-state index contributed by atoms with van der Waals surface area (Å²) in [5.41, 5.74) is 0.126. The normalized spacial score (nSPS) is 11.2. The number of rotatable bonds is 7. The summed E-state index contributed by atoms with van der Waals surface area (Å²) in [5, 5.41) is 0.837. The first-order valence-corrected chi connectivity index (χ1v) is 9.36. The van der Waals surface area contributed by atoms with Crippen molar-refractivity contribution in [3.8, 4) is 5.75 Å². The average molecular weight is 404 g/mol. The van der Waals surface area contributed by atoms with E-state index in [9.17, 15) is 13.2 Å². The van der Waals surface area contributed by atoms with Gasteiger partial charge in [-0.3, -0.25) is 0 Å². The summed E-state index contributed by atoms with van der Waals surface area (Å²) >= 11 is 11.7. The molecule has 9 heteroatoms. The molecular weight excluding hydrogens is 389 g/mol. The molecule has 25 heavy (non-hydrogen) atoms. The van der Waals surface area contributed by atoms with Crippen LogP contribution in [0.5, 0.6) is 5.75 Å². The molecule has 2 rings (SSSR count). The fourth-order valence-corrected chi connectivity index (χ4v) is 3.11. The van der Waals surface area contributed by atoms with E-state index in [2.05, 4.69) is 4.72 Å². The number of benzene rings is 2. The predicted molar refractivity (Wildman–Crippen MR) is 94.9 cm³/mol. The molecule has 0 atom stereocenters. The minimum Gasteiger partial charge on any atom is -0.488 e. The third-order valence-electron chi connectivity index (χ3n) is 3.12. The molecule has 0 aromatic heterocycles. The van der Waals surface area contributed by atoms with Crippen LogP contribution in [0.15, 0.2) is 47.4 Å². The third kappa shape index (κ3) is 5.34. The number of esters is 1. The van der Waals surface area contributed by atoms with E-state index in [1.54, 1.807) is 12.1 Å². The molecule has 0 spiro atoms. The maximum atomic E-state index is 12.0. The summed E-state index contributed by atoms with van der Waals surface area (Å²) in [4.78, 5) is 12.0. The van der Waals surface area contributed by atoms with Crippen LogP contribution in [0.1, 0.15) is 10.4 Å². The van der Waals surface area contributed by atoms with Gasteiger partial charge in [-0.2, -0.15) is 0 Å². The van der Waals surface area contributed by atoms with Gasteiger partial charge >= 0.3 is 5.97 Å². The zero-order valence-electron chi connectivity index (χ0n) is 13.2. The fraction of sp³-hybridized carbons (Fsp3) is 0.188. The molecule has 0 amide bonds. The maximum Gasteiger partial charge on any atom is 0.338 e. The topological polar surface area (TPSA) is 81.7 Å². The second-order valence-electron chi connectivity index (χ2n) is 4.79. The van der Waals surface area contributed by atoms with Crippen molar-refractivity contribution in [2.24, 2.45) is 0 Å². The van der Waals surface area contributed by atoms with Crippen LogP contribution in [0.25, 0.3) is 0 Å². The Morgan fingerprint density at radius 1 is 1.12 bits per heavy atom. The van der Waals surface area contributed by atoms with E-state index < -0.39 is 16.0 Å². The zero-order chi connectivity index (χ0) is 18.4. The van der Waals surface area contributed by atoms with Crippen molar-refractivity contribution in [2.75, 3.05) is 20.3 Å². The molecule has 0 bridgehead atoms. The average Bonchev–Trinajstić information content (AvgIpc) is 2.60. The van der Waals surface area contributed by atoms with Crippen LogP contribution < -0.4 is 9.46 Å². The highest BCUT2D eigenvalue weighted by atomic mass is 35.5. The molecule has 134 valence electrons. The molecule has 6 nitrogen and oxygen atoms in total. The molecule has 2 aromatic carbocycles. The largest absolute Gasteiger partial charge is 0.488 e. The number of carbonyl (C=O) groups is 1. The molecule has 2 aromatic rings. The second-order valence-corrected chi connectivity index (χ2v) is 7.52. The van der Waals surface area contributed by atoms with E-state index in [1.807, 2.05) is 0 Å². The molecule has 0 unspecified atom stereocenters. The third-order valence-corrected chi connectivity index (χ3v) is 5.06. The van der Waals surface area contributed by atoms with Gasteiger partial charge < -0.3 is 9.47 Å². The van der Waals surface area contributed by atoms with Gasteiger partial charge in [-0.25, -0.2) is 17.9 Å². The highest BCUT2D eigenvalue weighted by molar-refractivity contribution is 7.89. The summed E-state index contributed by atoms with van der Waals surface area (Å²) in [7, 11) is -2.34. The summed E-state index contributed by atoms with van der Waals surface area (Å²) in [6.07, 6.45) is 0. The number of sulfonamides is 1. The Labute approximate surface area is 155 Å². The summed E-state index contributed by atoms with van der Waals surface area (Å²) in [5.74, 6) is -0.233. The Morgan fingerprint density at radius 3 is 2.56 bits per heavy atom. The van der Waals surface area contributed by atoms with E-state index in [0.29, 0.717) is 15.8 Å². The van der Waals surface area contributed by atoms with E-state index in [-0.39, 0.29) is 23.7 Å². The zero-order valence-corrected chi connectivity index (χ0v) is 15.5.